The minimum Gasteiger partial charge on any atom is -0.496 e. The van der Waals surface area contributed by atoms with Gasteiger partial charge in [-0.05, 0) is 42.5 Å². The van der Waals surface area contributed by atoms with Crippen molar-refractivity contribution in [3.05, 3.63) is 70.1 Å². The van der Waals surface area contributed by atoms with Crippen molar-refractivity contribution in [3.63, 3.8) is 0 Å². The molecule has 2 aromatic carbocycles. The Morgan fingerprint density at radius 3 is 2.83 bits per heavy atom. The van der Waals surface area contributed by atoms with Gasteiger partial charge in [0.15, 0.2) is 5.70 Å². The third-order valence-corrected chi connectivity index (χ3v) is 3.41. The highest BCUT2D eigenvalue weighted by Crippen LogP contribution is 2.25. The number of nitrogens with zero attached hydrogens (tertiary/aromatic N) is 1. The molecule has 0 radical (unpaired) electrons. The number of hydrogen-bond acceptors (Lipinski definition) is 4. The van der Waals surface area contributed by atoms with Crippen molar-refractivity contribution >= 4 is 29.5 Å². The molecule has 0 unspecified atom stereocenters. The second-order valence-corrected chi connectivity index (χ2v) is 5.17. The number of hydrogen-bond donors (Lipinski definition) is 0. The lowest BCUT2D eigenvalue weighted by molar-refractivity contribution is -0.129. The van der Waals surface area contributed by atoms with Gasteiger partial charge in [0.25, 0.3) is 0 Å². The van der Waals surface area contributed by atoms with Crippen molar-refractivity contribution in [2.24, 2.45) is 4.99 Å². The van der Waals surface area contributed by atoms with Gasteiger partial charge in [-0.15, -0.1) is 0 Å². The topological polar surface area (TPSA) is 47.9 Å². The van der Waals surface area contributed by atoms with Crippen LogP contribution in [0.1, 0.15) is 11.1 Å². The first kappa shape index (κ1) is 15.2. The summed E-state index contributed by atoms with van der Waals surface area (Å²) >= 11 is 5.91. The van der Waals surface area contributed by atoms with Crippen LogP contribution in [0.15, 0.2) is 53.2 Å². The lowest BCUT2D eigenvalue weighted by Gasteiger charge is -2.04. The van der Waals surface area contributed by atoms with Crippen LogP contribution in [0.4, 0.5) is 4.39 Å². The van der Waals surface area contributed by atoms with Crippen LogP contribution in [0.5, 0.6) is 5.75 Å². The van der Waals surface area contributed by atoms with Crippen molar-refractivity contribution in [2.45, 2.75) is 0 Å². The molecule has 4 nitrogen and oxygen atoms in total. The quantitative estimate of drug-likeness (QED) is 0.634. The molecule has 0 amide bonds. The van der Waals surface area contributed by atoms with Gasteiger partial charge in [-0.3, -0.25) is 0 Å². The number of cyclic esters (lactones) is 1. The summed E-state index contributed by atoms with van der Waals surface area (Å²) in [5.41, 5.74) is 1.04. The minimum atomic E-state index is -0.619. The van der Waals surface area contributed by atoms with E-state index in [1.165, 1.54) is 31.4 Å². The molecule has 2 aromatic rings. The van der Waals surface area contributed by atoms with Crippen molar-refractivity contribution in [3.8, 4) is 5.75 Å². The molecule has 0 saturated heterocycles. The molecule has 0 aromatic heterocycles. The van der Waals surface area contributed by atoms with Crippen LogP contribution in [0.2, 0.25) is 5.02 Å². The van der Waals surface area contributed by atoms with E-state index in [4.69, 9.17) is 21.1 Å². The molecular weight excluding hydrogens is 321 g/mol. The molecule has 0 fully saturated rings. The molecule has 0 bridgehead atoms. The molecule has 0 spiro atoms. The number of benzene rings is 2. The fourth-order valence-electron chi connectivity index (χ4n) is 2.12. The van der Waals surface area contributed by atoms with Gasteiger partial charge in [0.05, 0.1) is 7.11 Å². The minimum absolute atomic E-state index is 0.0591. The van der Waals surface area contributed by atoms with E-state index in [9.17, 15) is 9.18 Å². The predicted molar refractivity (Wildman–Crippen MR) is 85.0 cm³/mol. The molecule has 6 heteroatoms. The number of ether oxygens (including phenoxy) is 2. The van der Waals surface area contributed by atoms with Gasteiger partial charge in [-0.25, -0.2) is 14.2 Å². The molecule has 0 N–H and O–H groups in total. The first-order valence-electron chi connectivity index (χ1n) is 6.69. The lowest BCUT2D eigenvalue weighted by atomic mass is 10.1. The Balaban J connectivity index is 2.00. The second kappa shape index (κ2) is 6.22. The van der Waals surface area contributed by atoms with Crippen LogP contribution in [0.3, 0.4) is 0 Å². The molecule has 1 aliphatic heterocycles. The van der Waals surface area contributed by atoms with E-state index in [-0.39, 0.29) is 11.6 Å². The molecule has 23 heavy (non-hydrogen) atoms. The SMILES string of the molecule is COc1ccc(F)cc1/C=C1/N=C(c2cccc(Cl)c2)OC1=O. The van der Waals surface area contributed by atoms with E-state index in [1.807, 2.05) is 0 Å². The van der Waals surface area contributed by atoms with Crippen LogP contribution in [0.25, 0.3) is 6.08 Å². The van der Waals surface area contributed by atoms with E-state index in [2.05, 4.69) is 4.99 Å². The van der Waals surface area contributed by atoms with E-state index in [0.717, 1.165) is 0 Å². The van der Waals surface area contributed by atoms with E-state index in [0.29, 0.717) is 21.9 Å². The summed E-state index contributed by atoms with van der Waals surface area (Å²) < 4.78 is 23.7. The fraction of sp³-hybridized carbons (Fsp3) is 0.0588. The summed E-state index contributed by atoms with van der Waals surface area (Å²) in [7, 11) is 1.46. The Morgan fingerprint density at radius 1 is 1.26 bits per heavy atom. The van der Waals surface area contributed by atoms with Crippen LogP contribution in [-0.2, 0) is 9.53 Å². The van der Waals surface area contributed by atoms with Gasteiger partial charge in [-0.1, -0.05) is 17.7 Å². The smallest absolute Gasteiger partial charge is 0.363 e. The summed E-state index contributed by atoms with van der Waals surface area (Å²) in [4.78, 5) is 16.1. The lowest BCUT2D eigenvalue weighted by Crippen LogP contribution is -2.05. The van der Waals surface area contributed by atoms with E-state index >= 15 is 0 Å². The monoisotopic (exact) mass is 331 g/mol. The van der Waals surface area contributed by atoms with Crippen molar-refractivity contribution in [1.82, 2.24) is 0 Å². The molecule has 0 aliphatic carbocycles. The number of halogens is 2. The number of methoxy groups -OCH3 is 1. The number of carbonyl (C=O) groups excluding carboxylic acids is 1. The Bertz CT molecular complexity index is 845. The normalized spacial score (nSPS) is 15.5. The summed E-state index contributed by atoms with van der Waals surface area (Å²) in [6.07, 6.45) is 1.42. The third kappa shape index (κ3) is 3.24. The van der Waals surface area contributed by atoms with Crippen LogP contribution in [-0.4, -0.2) is 19.0 Å². The number of esters is 1. The Morgan fingerprint density at radius 2 is 2.09 bits per heavy atom. The molecule has 116 valence electrons. The van der Waals surface area contributed by atoms with Crippen LogP contribution >= 0.6 is 11.6 Å². The number of carbonyl (C=O) groups is 1. The van der Waals surface area contributed by atoms with Gasteiger partial charge in [-0.2, -0.15) is 0 Å². The van der Waals surface area contributed by atoms with Gasteiger partial charge in [0, 0.05) is 16.1 Å². The maximum absolute atomic E-state index is 13.4. The molecule has 0 saturated carbocycles. The average Bonchev–Trinajstić information content (AvgIpc) is 2.89. The van der Waals surface area contributed by atoms with E-state index in [1.54, 1.807) is 24.3 Å². The maximum Gasteiger partial charge on any atom is 0.363 e. The van der Waals surface area contributed by atoms with Gasteiger partial charge < -0.3 is 9.47 Å². The molecular formula is C17H11ClFNO3. The zero-order valence-corrected chi connectivity index (χ0v) is 12.8. The molecule has 0 atom stereocenters. The zero-order chi connectivity index (χ0) is 16.4. The largest absolute Gasteiger partial charge is 0.496 e. The zero-order valence-electron chi connectivity index (χ0n) is 12.0. The maximum atomic E-state index is 13.4. The highest BCUT2D eigenvalue weighted by atomic mass is 35.5. The summed E-state index contributed by atoms with van der Waals surface area (Å²) in [5.74, 6) is -0.480. The highest BCUT2D eigenvalue weighted by molar-refractivity contribution is 6.31. The van der Waals surface area contributed by atoms with Gasteiger partial charge in [0.1, 0.15) is 11.6 Å². The van der Waals surface area contributed by atoms with E-state index < -0.39 is 11.8 Å². The Hall–Kier alpha value is -2.66. The Labute approximate surface area is 136 Å². The average molecular weight is 332 g/mol. The summed E-state index contributed by atoms with van der Waals surface area (Å²) in [6, 6.07) is 10.8. The van der Waals surface area contributed by atoms with Crippen molar-refractivity contribution < 1.29 is 18.7 Å². The number of rotatable bonds is 3. The predicted octanol–water partition coefficient (Wildman–Crippen LogP) is 3.83. The number of aliphatic imine (C=N–C) groups is 1. The van der Waals surface area contributed by atoms with Gasteiger partial charge >= 0.3 is 5.97 Å². The first-order chi connectivity index (χ1) is 11.1. The highest BCUT2D eigenvalue weighted by Gasteiger charge is 2.24. The molecule has 1 aliphatic rings. The summed E-state index contributed by atoms with van der Waals surface area (Å²) in [5, 5.41) is 0.505. The fourth-order valence-corrected chi connectivity index (χ4v) is 2.31. The second-order valence-electron chi connectivity index (χ2n) is 4.73. The van der Waals surface area contributed by atoms with Crippen LogP contribution < -0.4 is 4.74 Å². The van der Waals surface area contributed by atoms with Crippen molar-refractivity contribution in [2.75, 3.05) is 7.11 Å². The molecule has 1 heterocycles. The Kier molecular flexibility index (Phi) is 4.12. The van der Waals surface area contributed by atoms with Crippen LogP contribution in [0, 0.1) is 5.82 Å². The first-order valence-corrected chi connectivity index (χ1v) is 7.06. The van der Waals surface area contributed by atoms with Crippen molar-refractivity contribution in [1.29, 1.82) is 0 Å². The standard InChI is InChI=1S/C17H11ClFNO3/c1-22-15-6-5-13(19)8-11(15)9-14-17(21)23-16(20-14)10-3-2-4-12(18)7-10/h2-9H,1H3/b14-9+. The third-order valence-electron chi connectivity index (χ3n) is 3.18. The molecule has 3 rings (SSSR count). The summed E-state index contributed by atoms with van der Waals surface area (Å²) in [6.45, 7) is 0. The van der Waals surface area contributed by atoms with Gasteiger partial charge in [0.2, 0.25) is 5.90 Å².